The second kappa shape index (κ2) is 7.59. The summed E-state index contributed by atoms with van der Waals surface area (Å²) in [5.41, 5.74) is 0.750. The molecular formula is C14H16ClNO3. The molecule has 0 radical (unpaired) electrons. The van der Waals surface area contributed by atoms with E-state index >= 15 is 0 Å². The molecule has 0 spiro atoms. The minimum absolute atomic E-state index is 0.111. The van der Waals surface area contributed by atoms with Gasteiger partial charge >= 0.3 is 5.97 Å². The first-order chi connectivity index (χ1) is 9.02. The van der Waals surface area contributed by atoms with Crippen molar-refractivity contribution >= 4 is 23.5 Å². The van der Waals surface area contributed by atoms with Crippen LogP contribution in [0.15, 0.2) is 36.4 Å². The van der Waals surface area contributed by atoms with E-state index in [1.807, 2.05) is 0 Å². The highest BCUT2D eigenvalue weighted by Gasteiger charge is 2.18. The lowest BCUT2D eigenvalue weighted by atomic mass is 10.1. The molecule has 2 N–H and O–H groups in total. The van der Waals surface area contributed by atoms with Crippen LogP contribution in [0.1, 0.15) is 18.9 Å². The molecule has 1 amide bonds. The molecule has 0 aliphatic carbocycles. The third-order valence-electron chi connectivity index (χ3n) is 2.49. The van der Waals surface area contributed by atoms with Crippen LogP contribution in [-0.4, -0.2) is 23.0 Å². The number of benzene rings is 1. The van der Waals surface area contributed by atoms with Crippen LogP contribution in [0, 0.1) is 0 Å². The Morgan fingerprint density at radius 2 is 2.21 bits per heavy atom. The van der Waals surface area contributed by atoms with Gasteiger partial charge in [-0.05, 0) is 31.0 Å². The Hall–Kier alpha value is -1.81. The lowest BCUT2D eigenvalue weighted by Crippen LogP contribution is -2.41. The van der Waals surface area contributed by atoms with Gasteiger partial charge in [0.1, 0.15) is 6.04 Å². The number of carbonyl (C=O) groups excluding carboxylic acids is 1. The third-order valence-corrected chi connectivity index (χ3v) is 2.73. The van der Waals surface area contributed by atoms with Gasteiger partial charge < -0.3 is 10.4 Å². The number of aliphatic carboxylic acids is 1. The van der Waals surface area contributed by atoms with Crippen LogP contribution in [0.4, 0.5) is 0 Å². The molecule has 1 unspecified atom stereocenters. The highest BCUT2D eigenvalue weighted by atomic mass is 35.5. The molecule has 102 valence electrons. The first-order valence-electron chi connectivity index (χ1n) is 5.90. The molecule has 0 aliphatic heterocycles. The van der Waals surface area contributed by atoms with E-state index in [1.165, 1.54) is 0 Å². The average molecular weight is 282 g/mol. The van der Waals surface area contributed by atoms with Gasteiger partial charge in [-0.15, -0.1) is 0 Å². The normalized spacial score (nSPS) is 12.3. The fourth-order valence-corrected chi connectivity index (χ4v) is 1.78. The zero-order chi connectivity index (χ0) is 14.3. The maximum Gasteiger partial charge on any atom is 0.326 e. The summed E-state index contributed by atoms with van der Waals surface area (Å²) < 4.78 is 0. The summed E-state index contributed by atoms with van der Waals surface area (Å²) in [6.07, 6.45) is 3.84. The number of halogens is 1. The molecule has 0 fully saturated rings. The summed E-state index contributed by atoms with van der Waals surface area (Å²) in [5.74, 6) is -1.38. The zero-order valence-electron chi connectivity index (χ0n) is 10.6. The predicted molar refractivity (Wildman–Crippen MR) is 74.2 cm³/mol. The fourth-order valence-electron chi connectivity index (χ4n) is 1.57. The summed E-state index contributed by atoms with van der Waals surface area (Å²) >= 11 is 5.82. The first-order valence-corrected chi connectivity index (χ1v) is 6.28. The summed E-state index contributed by atoms with van der Waals surface area (Å²) in [5, 5.41) is 12.0. The Balaban J connectivity index is 2.60. The molecule has 19 heavy (non-hydrogen) atoms. The number of carboxylic acids is 1. The topological polar surface area (TPSA) is 66.4 Å². The van der Waals surface area contributed by atoms with Crippen LogP contribution < -0.4 is 5.32 Å². The molecule has 0 aromatic heterocycles. The monoisotopic (exact) mass is 281 g/mol. The number of nitrogens with one attached hydrogen (secondary N) is 1. The molecule has 0 saturated carbocycles. The first kappa shape index (κ1) is 15.2. The number of amides is 1. The lowest BCUT2D eigenvalue weighted by molar-refractivity contribution is -0.141. The van der Waals surface area contributed by atoms with Crippen molar-refractivity contribution in [2.24, 2.45) is 0 Å². The molecule has 0 heterocycles. The number of hydrogen-bond acceptors (Lipinski definition) is 2. The third kappa shape index (κ3) is 5.57. The standard InChI is InChI=1S/C14H16ClNO3/c1-2-3-7-12(14(18)19)16-13(17)9-10-5-4-6-11(15)8-10/h2-6,8,12H,7,9H2,1H3,(H,16,17)(H,18,19)/b3-2+. The van der Waals surface area contributed by atoms with Crippen LogP contribution in [-0.2, 0) is 16.0 Å². The molecule has 5 heteroatoms. The van der Waals surface area contributed by atoms with Crippen molar-refractivity contribution in [1.82, 2.24) is 5.32 Å². The highest BCUT2D eigenvalue weighted by Crippen LogP contribution is 2.11. The van der Waals surface area contributed by atoms with Crippen LogP contribution in [0.2, 0.25) is 5.02 Å². The number of hydrogen-bond donors (Lipinski definition) is 2. The van der Waals surface area contributed by atoms with Crippen LogP contribution in [0.25, 0.3) is 0 Å². The van der Waals surface area contributed by atoms with E-state index in [9.17, 15) is 9.59 Å². The molecule has 0 bridgehead atoms. The minimum atomic E-state index is -1.04. The molecular weight excluding hydrogens is 266 g/mol. The second-order valence-electron chi connectivity index (χ2n) is 4.07. The summed E-state index contributed by atoms with van der Waals surface area (Å²) in [7, 11) is 0. The van der Waals surface area contributed by atoms with Gasteiger partial charge in [0.25, 0.3) is 0 Å². The summed E-state index contributed by atoms with van der Waals surface area (Å²) in [6.45, 7) is 1.80. The quantitative estimate of drug-likeness (QED) is 0.787. The van der Waals surface area contributed by atoms with Gasteiger partial charge in [-0.2, -0.15) is 0 Å². The van der Waals surface area contributed by atoms with E-state index in [4.69, 9.17) is 16.7 Å². The van der Waals surface area contributed by atoms with Crippen molar-refractivity contribution in [2.75, 3.05) is 0 Å². The van der Waals surface area contributed by atoms with Gasteiger partial charge in [-0.25, -0.2) is 4.79 Å². The van der Waals surface area contributed by atoms with Crippen LogP contribution in [0.3, 0.4) is 0 Å². The van der Waals surface area contributed by atoms with Crippen molar-refractivity contribution in [3.63, 3.8) is 0 Å². The molecule has 1 atom stereocenters. The van der Waals surface area contributed by atoms with Crippen LogP contribution >= 0.6 is 11.6 Å². The van der Waals surface area contributed by atoms with Gasteiger partial charge in [0.05, 0.1) is 6.42 Å². The predicted octanol–water partition coefficient (Wildman–Crippen LogP) is 2.42. The Bertz CT molecular complexity index is 485. The Kier molecular flexibility index (Phi) is 6.09. The van der Waals surface area contributed by atoms with Crippen molar-refractivity contribution in [2.45, 2.75) is 25.8 Å². The second-order valence-corrected chi connectivity index (χ2v) is 4.51. The molecule has 4 nitrogen and oxygen atoms in total. The van der Waals surface area contributed by atoms with Gasteiger partial charge in [-0.1, -0.05) is 35.9 Å². The zero-order valence-corrected chi connectivity index (χ0v) is 11.4. The van der Waals surface area contributed by atoms with Gasteiger partial charge in [-0.3, -0.25) is 4.79 Å². The molecule has 0 aliphatic rings. The van der Waals surface area contributed by atoms with E-state index in [0.717, 1.165) is 5.56 Å². The van der Waals surface area contributed by atoms with Gasteiger partial charge in [0.15, 0.2) is 0 Å². The largest absolute Gasteiger partial charge is 0.480 e. The molecule has 1 aromatic carbocycles. The maximum absolute atomic E-state index is 11.8. The van der Waals surface area contributed by atoms with Crippen molar-refractivity contribution in [1.29, 1.82) is 0 Å². The number of allylic oxidation sites excluding steroid dienone is 1. The number of carbonyl (C=O) groups is 2. The maximum atomic E-state index is 11.8. The smallest absolute Gasteiger partial charge is 0.326 e. The van der Waals surface area contributed by atoms with E-state index in [0.29, 0.717) is 5.02 Å². The van der Waals surface area contributed by atoms with Crippen molar-refractivity contribution < 1.29 is 14.7 Å². The molecule has 1 rings (SSSR count). The van der Waals surface area contributed by atoms with Gasteiger partial charge in [0.2, 0.25) is 5.91 Å². The van der Waals surface area contributed by atoms with Crippen molar-refractivity contribution in [3.05, 3.63) is 47.0 Å². The van der Waals surface area contributed by atoms with Gasteiger partial charge in [0, 0.05) is 5.02 Å². The summed E-state index contributed by atoms with van der Waals surface area (Å²) in [6, 6.07) is 6.02. The SMILES string of the molecule is C/C=C/CC(NC(=O)Cc1cccc(Cl)c1)C(=O)O. The lowest BCUT2D eigenvalue weighted by Gasteiger charge is -2.12. The minimum Gasteiger partial charge on any atom is -0.480 e. The Labute approximate surface area is 117 Å². The number of carboxylic acid groups (broad SMARTS) is 1. The van der Waals surface area contributed by atoms with E-state index in [1.54, 1.807) is 43.3 Å². The highest BCUT2D eigenvalue weighted by molar-refractivity contribution is 6.30. The molecule has 0 saturated heterocycles. The van der Waals surface area contributed by atoms with E-state index < -0.39 is 12.0 Å². The Morgan fingerprint density at radius 1 is 1.47 bits per heavy atom. The van der Waals surface area contributed by atoms with Crippen molar-refractivity contribution in [3.8, 4) is 0 Å². The van der Waals surface area contributed by atoms with E-state index in [2.05, 4.69) is 5.32 Å². The average Bonchev–Trinajstić information content (AvgIpc) is 2.34. The fraction of sp³-hybridized carbons (Fsp3) is 0.286. The van der Waals surface area contributed by atoms with E-state index in [-0.39, 0.29) is 18.7 Å². The number of rotatable bonds is 6. The summed E-state index contributed by atoms with van der Waals surface area (Å²) in [4.78, 5) is 22.7. The Morgan fingerprint density at radius 3 is 2.79 bits per heavy atom. The van der Waals surface area contributed by atoms with Crippen LogP contribution in [0.5, 0.6) is 0 Å². The molecule has 1 aromatic rings.